The van der Waals surface area contributed by atoms with Crippen LogP contribution in [0.2, 0.25) is 5.02 Å². The number of nitrogens with two attached hydrogens (primary N) is 1. The summed E-state index contributed by atoms with van der Waals surface area (Å²) in [6.45, 7) is -0.0712. The molecule has 0 atom stereocenters. The molecule has 108 valence electrons. The van der Waals surface area contributed by atoms with Crippen molar-refractivity contribution in [3.8, 4) is 17.1 Å². The van der Waals surface area contributed by atoms with E-state index in [-0.39, 0.29) is 34.6 Å². The van der Waals surface area contributed by atoms with Gasteiger partial charge in [0.1, 0.15) is 5.75 Å². The Balaban J connectivity index is 2.64. The van der Waals surface area contributed by atoms with E-state index in [1.165, 1.54) is 7.11 Å². The molecule has 1 heterocycles. The van der Waals surface area contributed by atoms with Crippen LogP contribution in [0.25, 0.3) is 11.4 Å². The highest BCUT2D eigenvalue weighted by Gasteiger charge is 2.36. The maximum atomic E-state index is 13.1. The molecule has 0 saturated heterocycles. The summed E-state index contributed by atoms with van der Waals surface area (Å²) < 4.78 is 48.7. The summed E-state index contributed by atoms with van der Waals surface area (Å²) in [7, 11) is 1.22. The Hall–Kier alpha value is -1.80. The number of halogens is 4. The van der Waals surface area contributed by atoms with Crippen molar-refractivity contribution in [3.63, 3.8) is 0 Å². The van der Waals surface area contributed by atoms with Crippen molar-refractivity contribution in [2.45, 2.75) is 12.7 Å². The number of aromatic nitrogens is 2. The molecule has 1 aromatic carbocycles. The second-order valence-electron chi connectivity index (χ2n) is 3.75. The topological polar surface area (TPSA) is 74.2 Å². The van der Waals surface area contributed by atoms with E-state index in [2.05, 4.69) is 10.1 Å². The van der Waals surface area contributed by atoms with Gasteiger partial charge in [-0.05, 0) is 12.1 Å². The first-order valence-electron chi connectivity index (χ1n) is 5.34. The molecule has 2 N–H and O–H groups in total. The number of alkyl halides is 3. The average molecular weight is 308 g/mol. The smallest absolute Gasteiger partial charge is 0.417 e. The van der Waals surface area contributed by atoms with Crippen molar-refractivity contribution in [2.75, 3.05) is 7.11 Å². The third kappa shape index (κ3) is 2.70. The van der Waals surface area contributed by atoms with Gasteiger partial charge >= 0.3 is 6.18 Å². The Kier molecular flexibility index (Phi) is 3.87. The third-order valence-corrected chi connectivity index (χ3v) is 2.78. The molecular weight excluding hydrogens is 299 g/mol. The van der Waals surface area contributed by atoms with E-state index in [1.54, 1.807) is 0 Å². The molecule has 5 nitrogen and oxygen atoms in total. The summed E-state index contributed by atoms with van der Waals surface area (Å²) >= 11 is 5.84. The summed E-state index contributed by atoms with van der Waals surface area (Å²) in [5.41, 5.74) is 4.01. The standard InChI is InChI=1S/C11H9ClF3N3O2/c1-19-8-3-6(11(13,14)15)5(2-7(8)12)10-17-9(4-16)20-18-10/h2-3H,4,16H2,1H3. The van der Waals surface area contributed by atoms with E-state index in [0.29, 0.717) is 0 Å². The van der Waals surface area contributed by atoms with Crippen LogP contribution in [0.3, 0.4) is 0 Å². The number of hydrogen-bond acceptors (Lipinski definition) is 5. The fourth-order valence-corrected chi connectivity index (χ4v) is 1.82. The Bertz CT molecular complexity index is 628. The molecule has 0 saturated carbocycles. The normalized spacial score (nSPS) is 11.7. The molecule has 0 bridgehead atoms. The third-order valence-electron chi connectivity index (χ3n) is 2.48. The van der Waals surface area contributed by atoms with Crippen LogP contribution >= 0.6 is 11.6 Å². The Labute approximate surface area is 116 Å². The van der Waals surface area contributed by atoms with Gasteiger partial charge in [0.05, 0.1) is 24.2 Å². The van der Waals surface area contributed by atoms with Crippen LogP contribution in [-0.2, 0) is 12.7 Å². The zero-order valence-electron chi connectivity index (χ0n) is 10.2. The highest BCUT2D eigenvalue weighted by molar-refractivity contribution is 6.32. The van der Waals surface area contributed by atoms with Crippen LogP contribution in [0.5, 0.6) is 5.75 Å². The van der Waals surface area contributed by atoms with E-state index >= 15 is 0 Å². The number of benzene rings is 1. The summed E-state index contributed by atoms with van der Waals surface area (Å²) in [4.78, 5) is 3.77. The average Bonchev–Trinajstić information content (AvgIpc) is 2.85. The maximum Gasteiger partial charge on any atom is 0.417 e. The van der Waals surface area contributed by atoms with Crippen molar-refractivity contribution in [3.05, 3.63) is 28.6 Å². The van der Waals surface area contributed by atoms with Gasteiger partial charge in [-0.25, -0.2) is 0 Å². The van der Waals surface area contributed by atoms with Gasteiger partial charge in [0.2, 0.25) is 11.7 Å². The Morgan fingerprint density at radius 3 is 2.60 bits per heavy atom. The molecule has 2 rings (SSSR count). The lowest BCUT2D eigenvalue weighted by Gasteiger charge is -2.13. The van der Waals surface area contributed by atoms with E-state index in [1.807, 2.05) is 0 Å². The van der Waals surface area contributed by atoms with Gasteiger partial charge in [0, 0.05) is 5.56 Å². The van der Waals surface area contributed by atoms with E-state index < -0.39 is 11.7 Å². The second kappa shape index (κ2) is 5.29. The van der Waals surface area contributed by atoms with Crippen molar-refractivity contribution in [1.29, 1.82) is 0 Å². The van der Waals surface area contributed by atoms with Crippen LogP contribution in [0.1, 0.15) is 11.5 Å². The summed E-state index contributed by atoms with van der Waals surface area (Å²) in [5.74, 6) is -0.298. The predicted octanol–water partition coefficient (Wildman–Crippen LogP) is 2.88. The first-order chi connectivity index (χ1) is 9.36. The zero-order chi connectivity index (χ0) is 14.9. The molecule has 0 unspecified atom stereocenters. The number of nitrogens with zero attached hydrogens (tertiary/aromatic N) is 2. The largest absolute Gasteiger partial charge is 0.495 e. The van der Waals surface area contributed by atoms with Crippen molar-refractivity contribution >= 4 is 11.6 Å². The van der Waals surface area contributed by atoms with Crippen LogP contribution in [0.15, 0.2) is 16.7 Å². The lowest BCUT2D eigenvalue weighted by Crippen LogP contribution is -2.08. The molecule has 0 aliphatic rings. The van der Waals surface area contributed by atoms with Gasteiger partial charge in [-0.3, -0.25) is 0 Å². The zero-order valence-corrected chi connectivity index (χ0v) is 10.9. The van der Waals surface area contributed by atoms with Crippen molar-refractivity contribution < 1.29 is 22.4 Å². The fraction of sp³-hybridized carbons (Fsp3) is 0.273. The fourth-order valence-electron chi connectivity index (χ4n) is 1.58. The van der Waals surface area contributed by atoms with E-state index in [4.69, 9.17) is 26.6 Å². The molecule has 0 aliphatic heterocycles. The van der Waals surface area contributed by atoms with E-state index in [9.17, 15) is 13.2 Å². The Morgan fingerprint density at radius 2 is 2.10 bits per heavy atom. The molecule has 0 radical (unpaired) electrons. The molecule has 9 heteroatoms. The van der Waals surface area contributed by atoms with Crippen LogP contribution < -0.4 is 10.5 Å². The van der Waals surface area contributed by atoms with Crippen molar-refractivity contribution in [2.24, 2.45) is 5.73 Å². The van der Waals surface area contributed by atoms with Gasteiger partial charge in [0.25, 0.3) is 0 Å². The van der Waals surface area contributed by atoms with Crippen LogP contribution in [0, 0.1) is 0 Å². The van der Waals surface area contributed by atoms with E-state index in [0.717, 1.165) is 12.1 Å². The quantitative estimate of drug-likeness (QED) is 0.943. The lowest BCUT2D eigenvalue weighted by atomic mass is 10.1. The maximum absolute atomic E-state index is 13.1. The molecular formula is C11H9ClF3N3O2. The molecule has 0 aliphatic carbocycles. The summed E-state index contributed by atoms with van der Waals surface area (Å²) in [6, 6.07) is 1.87. The summed E-state index contributed by atoms with van der Waals surface area (Å²) in [6.07, 6.45) is -4.61. The molecule has 1 aromatic heterocycles. The van der Waals surface area contributed by atoms with Gasteiger partial charge in [-0.2, -0.15) is 18.2 Å². The highest BCUT2D eigenvalue weighted by Crippen LogP contribution is 2.41. The predicted molar refractivity (Wildman–Crippen MR) is 64.2 cm³/mol. The monoisotopic (exact) mass is 307 g/mol. The lowest BCUT2D eigenvalue weighted by molar-refractivity contribution is -0.137. The first-order valence-corrected chi connectivity index (χ1v) is 5.72. The van der Waals surface area contributed by atoms with Crippen molar-refractivity contribution in [1.82, 2.24) is 10.1 Å². The molecule has 20 heavy (non-hydrogen) atoms. The minimum atomic E-state index is -4.61. The first kappa shape index (κ1) is 14.6. The molecule has 0 spiro atoms. The molecule has 0 fully saturated rings. The number of rotatable bonds is 3. The minimum absolute atomic E-state index is 0.00889. The Morgan fingerprint density at radius 1 is 1.40 bits per heavy atom. The van der Waals surface area contributed by atoms with Gasteiger partial charge in [0.15, 0.2) is 0 Å². The second-order valence-corrected chi connectivity index (χ2v) is 4.15. The SMILES string of the molecule is COc1cc(C(F)(F)F)c(-c2noc(CN)n2)cc1Cl. The highest BCUT2D eigenvalue weighted by atomic mass is 35.5. The van der Waals surface area contributed by atoms with Gasteiger partial charge < -0.3 is 15.0 Å². The molecule has 0 amide bonds. The number of methoxy groups -OCH3 is 1. The number of ether oxygens (including phenoxy) is 1. The van der Waals surface area contributed by atoms with Crippen LogP contribution in [0.4, 0.5) is 13.2 Å². The summed E-state index contributed by atoms with van der Waals surface area (Å²) in [5, 5.41) is 3.47. The minimum Gasteiger partial charge on any atom is -0.495 e. The number of hydrogen-bond donors (Lipinski definition) is 1. The van der Waals surface area contributed by atoms with Crippen LogP contribution in [-0.4, -0.2) is 17.3 Å². The van der Waals surface area contributed by atoms with Gasteiger partial charge in [-0.15, -0.1) is 0 Å². The van der Waals surface area contributed by atoms with Gasteiger partial charge in [-0.1, -0.05) is 16.8 Å². The molecule has 2 aromatic rings.